The Labute approximate surface area is 201 Å². The highest BCUT2D eigenvalue weighted by atomic mass is 16.3. The first kappa shape index (κ1) is 13.2. The molecule has 0 N–H and O–H groups in total. The van der Waals surface area contributed by atoms with Gasteiger partial charge in [0.25, 0.3) is 0 Å². The number of nitrogens with zero attached hydrogens (tertiary/aromatic N) is 1. The van der Waals surface area contributed by atoms with Crippen molar-refractivity contribution < 1.29 is 15.4 Å². The molecular formula is C30H29NO. The molecule has 5 rings (SSSR count). The van der Waals surface area contributed by atoms with E-state index in [1.54, 1.807) is 39.0 Å². The molecule has 3 aromatic carbocycles. The van der Waals surface area contributed by atoms with Crippen molar-refractivity contribution in [2.75, 3.05) is 0 Å². The third kappa shape index (κ3) is 3.60. The predicted octanol–water partition coefficient (Wildman–Crippen LogP) is 8.52. The molecule has 0 atom stereocenters. The lowest BCUT2D eigenvalue weighted by Crippen LogP contribution is -2.10. The first-order valence-corrected chi connectivity index (χ1v) is 10.6. The van der Waals surface area contributed by atoms with E-state index in [1.807, 2.05) is 42.5 Å². The van der Waals surface area contributed by atoms with Gasteiger partial charge in [0.2, 0.25) is 0 Å². The van der Waals surface area contributed by atoms with Crippen LogP contribution in [0, 0.1) is 19.1 Å². The van der Waals surface area contributed by atoms with E-state index in [9.17, 15) is 0 Å². The van der Waals surface area contributed by atoms with E-state index >= 15 is 0 Å². The maximum atomic E-state index is 8.85. The van der Waals surface area contributed by atoms with Crippen LogP contribution >= 0.6 is 0 Å². The Morgan fingerprint density at radius 1 is 0.875 bits per heavy atom. The molecule has 0 fully saturated rings. The molecule has 0 saturated heterocycles. The first-order valence-electron chi connectivity index (χ1n) is 14.6. The summed E-state index contributed by atoms with van der Waals surface area (Å²) in [6.45, 7) is 0.132. The van der Waals surface area contributed by atoms with Gasteiger partial charge in [-0.3, -0.25) is 4.98 Å². The summed E-state index contributed by atoms with van der Waals surface area (Å²) in [5.41, 5.74) is 1.87. The molecule has 2 aromatic heterocycles. The van der Waals surface area contributed by atoms with Crippen molar-refractivity contribution in [3.63, 3.8) is 0 Å². The number of hydrogen-bond donors (Lipinski definition) is 0. The standard InChI is InChI=1S/C30H29NO/c1-19-18-31-27(16-22(19)17-30(3,4)5)26-13-9-12-24-25-15-14-23(21-10-7-6-8-11-21)20(2)28(25)32-29(24)26/h6-16,18H,17H2,1-5H3/i1D3,2D3,17D2. The number of pyridine rings is 1. The van der Waals surface area contributed by atoms with Crippen LogP contribution in [0.25, 0.3) is 44.3 Å². The third-order valence-corrected chi connectivity index (χ3v) is 5.44. The van der Waals surface area contributed by atoms with E-state index in [4.69, 9.17) is 15.4 Å². The van der Waals surface area contributed by atoms with Crippen molar-refractivity contribution in [2.45, 2.75) is 40.8 Å². The van der Waals surface area contributed by atoms with Gasteiger partial charge in [0.15, 0.2) is 0 Å². The summed E-state index contributed by atoms with van der Waals surface area (Å²) >= 11 is 0. The first-order chi connectivity index (χ1) is 18.5. The van der Waals surface area contributed by atoms with Gasteiger partial charge < -0.3 is 4.42 Å². The molecule has 0 saturated carbocycles. The van der Waals surface area contributed by atoms with Gasteiger partial charge in [-0.25, -0.2) is 0 Å². The molecule has 0 unspecified atom stereocenters. The average Bonchev–Trinajstić information content (AvgIpc) is 3.25. The summed E-state index contributed by atoms with van der Waals surface area (Å²) in [5.74, 6) is 0. The smallest absolute Gasteiger partial charge is 0.144 e. The molecule has 0 aliphatic rings. The summed E-state index contributed by atoms with van der Waals surface area (Å²) in [7, 11) is 0. The van der Waals surface area contributed by atoms with Gasteiger partial charge in [0.1, 0.15) is 11.2 Å². The molecule has 160 valence electrons. The van der Waals surface area contributed by atoms with Crippen LogP contribution < -0.4 is 0 Å². The molecule has 0 radical (unpaired) electrons. The maximum absolute atomic E-state index is 8.85. The van der Waals surface area contributed by atoms with Crippen molar-refractivity contribution >= 4 is 21.9 Å². The van der Waals surface area contributed by atoms with Crippen molar-refractivity contribution in [2.24, 2.45) is 5.41 Å². The van der Waals surface area contributed by atoms with Crippen LogP contribution in [-0.2, 0) is 6.37 Å². The summed E-state index contributed by atoms with van der Waals surface area (Å²) in [6.07, 6.45) is -0.778. The lowest BCUT2D eigenvalue weighted by Gasteiger charge is -2.20. The number of aryl methyl sites for hydroxylation is 2. The number of benzene rings is 3. The fourth-order valence-corrected chi connectivity index (χ4v) is 4.03. The van der Waals surface area contributed by atoms with Gasteiger partial charge in [0.05, 0.1) is 5.69 Å². The molecule has 2 nitrogen and oxygen atoms in total. The highest BCUT2D eigenvalue weighted by Crippen LogP contribution is 2.39. The van der Waals surface area contributed by atoms with Crippen LogP contribution in [0.15, 0.2) is 77.3 Å². The molecule has 0 bridgehead atoms. The van der Waals surface area contributed by atoms with Crippen LogP contribution in [0.4, 0.5) is 0 Å². The molecule has 2 heteroatoms. The third-order valence-electron chi connectivity index (χ3n) is 5.44. The largest absolute Gasteiger partial charge is 0.455 e. The highest BCUT2D eigenvalue weighted by Gasteiger charge is 2.18. The van der Waals surface area contributed by atoms with Crippen LogP contribution in [0.5, 0.6) is 0 Å². The molecule has 2 heterocycles. The fourth-order valence-electron chi connectivity index (χ4n) is 4.03. The molecule has 0 spiro atoms. The zero-order chi connectivity index (χ0) is 29.3. The molecule has 0 amide bonds. The molecular weight excluding hydrogens is 390 g/mol. The number of para-hydroxylation sites is 1. The van der Waals surface area contributed by atoms with Crippen molar-refractivity contribution in [3.05, 3.63) is 89.6 Å². The Kier molecular flexibility index (Phi) is 3.15. The SMILES string of the molecule is [2H]C([2H])([2H])c1cnc(-c2cccc3c2oc2c(C([2H])([2H])[2H])c(-c4ccccc4)ccc23)cc1C([2H])([2H])C(C)(C)C. The lowest BCUT2D eigenvalue weighted by atomic mass is 9.86. The van der Waals surface area contributed by atoms with E-state index < -0.39 is 25.5 Å². The van der Waals surface area contributed by atoms with Gasteiger partial charge in [-0.05, 0) is 65.9 Å². The van der Waals surface area contributed by atoms with Crippen LogP contribution in [0.1, 0.15) is 48.4 Å². The second-order valence-corrected chi connectivity index (χ2v) is 9.01. The normalized spacial score (nSPS) is 17.0. The van der Waals surface area contributed by atoms with Crippen molar-refractivity contribution in [1.82, 2.24) is 4.98 Å². The van der Waals surface area contributed by atoms with Crippen LogP contribution in [0.3, 0.4) is 0 Å². The number of aromatic nitrogens is 1. The quantitative estimate of drug-likeness (QED) is 0.288. The molecule has 0 aliphatic heterocycles. The topological polar surface area (TPSA) is 26.0 Å². The van der Waals surface area contributed by atoms with Gasteiger partial charge in [-0.15, -0.1) is 0 Å². The van der Waals surface area contributed by atoms with E-state index in [2.05, 4.69) is 4.98 Å². The van der Waals surface area contributed by atoms with Gasteiger partial charge >= 0.3 is 0 Å². The minimum Gasteiger partial charge on any atom is -0.455 e. The van der Waals surface area contributed by atoms with E-state index in [-0.39, 0.29) is 22.3 Å². The fraction of sp³-hybridized carbons (Fsp3) is 0.233. The maximum Gasteiger partial charge on any atom is 0.144 e. The van der Waals surface area contributed by atoms with Crippen LogP contribution in [0.2, 0.25) is 0 Å². The van der Waals surface area contributed by atoms with Gasteiger partial charge in [0, 0.05) is 39.1 Å². The average molecular weight is 428 g/mol. The van der Waals surface area contributed by atoms with E-state index in [0.29, 0.717) is 33.2 Å². The number of furan rings is 1. The second-order valence-electron chi connectivity index (χ2n) is 9.01. The van der Waals surface area contributed by atoms with Gasteiger partial charge in [-0.2, -0.15) is 0 Å². The second kappa shape index (κ2) is 7.63. The number of fused-ring (bicyclic) bond motifs is 3. The summed E-state index contributed by atoms with van der Waals surface area (Å²) < 4.78 is 73.1. The number of rotatable bonds is 3. The monoisotopic (exact) mass is 427 g/mol. The van der Waals surface area contributed by atoms with E-state index in [0.717, 1.165) is 5.56 Å². The highest BCUT2D eigenvalue weighted by molar-refractivity contribution is 6.11. The lowest BCUT2D eigenvalue weighted by molar-refractivity contribution is 0.410. The minimum atomic E-state index is -2.56. The Morgan fingerprint density at radius 2 is 1.69 bits per heavy atom. The zero-order valence-corrected chi connectivity index (χ0v) is 18.3. The Bertz CT molecular complexity index is 1730. The predicted molar refractivity (Wildman–Crippen MR) is 135 cm³/mol. The molecule has 0 aliphatic carbocycles. The summed E-state index contributed by atoms with van der Waals surface area (Å²) in [5, 5.41) is 1.31. The zero-order valence-electron chi connectivity index (χ0n) is 26.3. The Balaban J connectivity index is 1.81. The van der Waals surface area contributed by atoms with Crippen LogP contribution in [-0.4, -0.2) is 4.98 Å². The molecule has 32 heavy (non-hydrogen) atoms. The van der Waals surface area contributed by atoms with Crippen molar-refractivity contribution in [1.29, 1.82) is 0 Å². The minimum absolute atomic E-state index is 0.0349. The van der Waals surface area contributed by atoms with Crippen molar-refractivity contribution in [3.8, 4) is 22.4 Å². The molecule has 5 aromatic rings. The van der Waals surface area contributed by atoms with E-state index in [1.165, 1.54) is 12.3 Å². The van der Waals surface area contributed by atoms with Gasteiger partial charge in [-0.1, -0.05) is 69.3 Å². The Hall–Kier alpha value is -3.39. The summed E-state index contributed by atoms with van der Waals surface area (Å²) in [6, 6.07) is 19.8. The number of hydrogen-bond acceptors (Lipinski definition) is 2. The summed E-state index contributed by atoms with van der Waals surface area (Å²) in [4.78, 5) is 4.43. The Morgan fingerprint density at radius 3 is 2.44 bits per heavy atom.